The smallest absolute Gasteiger partial charge is 0.168 e. The zero-order chi connectivity index (χ0) is 13.4. The summed E-state index contributed by atoms with van der Waals surface area (Å²) in [5.74, 6) is -0.220. The van der Waals surface area contributed by atoms with Gasteiger partial charge in [-0.3, -0.25) is 0 Å². The second kappa shape index (κ2) is 5.41. The van der Waals surface area contributed by atoms with E-state index in [4.69, 9.17) is 9.47 Å². The Morgan fingerprint density at radius 3 is 2.75 bits per heavy atom. The van der Waals surface area contributed by atoms with E-state index in [0.29, 0.717) is 6.04 Å². The second-order valence-corrected chi connectivity index (χ2v) is 7.50. The predicted molar refractivity (Wildman–Crippen MR) is 80.1 cm³/mol. The molecule has 20 heavy (non-hydrogen) atoms. The number of nitrogens with one attached hydrogen (secondary N) is 1. The summed E-state index contributed by atoms with van der Waals surface area (Å²) in [5, 5.41) is 3.73. The normalized spacial score (nSPS) is 25.4. The van der Waals surface area contributed by atoms with E-state index in [-0.39, 0.29) is 5.79 Å². The van der Waals surface area contributed by atoms with E-state index in [1.165, 1.54) is 37.0 Å². The van der Waals surface area contributed by atoms with Gasteiger partial charge < -0.3 is 14.8 Å². The fourth-order valence-corrected chi connectivity index (χ4v) is 4.98. The van der Waals surface area contributed by atoms with Gasteiger partial charge in [0.05, 0.1) is 13.2 Å². The van der Waals surface area contributed by atoms with Gasteiger partial charge in [0.15, 0.2) is 5.79 Å². The third-order valence-corrected chi connectivity index (χ3v) is 6.16. The number of ether oxygens (including phenoxy) is 2. The average molecular weight is 293 g/mol. The number of thiophene rings is 1. The van der Waals surface area contributed by atoms with Crippen molar-refractivity contribution < 1.29 is 9.47 Å². The summed E-state index contributed by atoms with van der Waals surface area (Å²) < 4.78 is 11.6. The molecule has 3 aliphatic rings. The van der Waals surface area contributed by atoms with Crippen LogP contribution >= 0.6 is 11.3 Å². The average Bonchev–Trinajstić information content (AvgIpc) is 3.14. The van der Waals surface area contributed by atoms with Gasteiger partial charge in [-0.15, -0.1) is 11.3 Å². The van der Waals surface area contributed by atoms with Crippen molar-refractivity contribution >= 4 is 11.3 Å². The van der Waals surface area contributed by atoms with E-state index in [0.717, 1.165) is 32.6 Å². The first-order valence-corrected chi connectivity index (χ1v) is 8.76. The molecule has 1 saturated carbocycles. The molecular formula is C16H23NO2S. The minimum atomic E-state index is -0.220. The minimum Gasteiger partial charge on any atom is -0.348 e. The van der Waals surface area contributed by atoms with Crippen LogP contribution in [0.5, 0.6) is 0 Å². The SMILES string of the molecule is c1c(CNC2CCC3(CC2)OCCO3)sc2c1CCC2. The third kappa shape index (κ3) is 2.54. The monoisotopic (exact) mass is 293 g/mol. The first-order valence-electron chi connectivity index (χ1n) is 7.95. The van der Waals surface area contributed by atoms with Gasteiger partial charge in [0.2, 0.25) is 0 Å². The maximum Gasteiger partial charge on any atom is 0.168 e. The maximum absolute atomic E-state index is 5.79. The zero-order valence-electron chi connectivity index (χ0n) is 12.0. The van der Waals surface area contributed by atoms with E-state index in [2.05, 4.69) is 11.4 Å². The van der Waals surface area contributed by atoms with E-state index in [1.807, 2.05) is 11.3 Å². The molecule has 1 spiro atoms. The highest BCUT2D eigenvalue weighted by molar-refractivity contribution is 7.12. The van der Waals surface area contributed by atoms with E-state index < -0.39 is 0 Å². The molecular weight excluding hydrogens is 270 g/mol. The Morgan fingerprint density at radius 1 is 1.20 bits per heavy atom. The molecule has 4 rings (SSSR count). The van der Waals surface area contributed by atoms with Crippen LogP contribution in [0.2, 0.25) is 0 Å². The first-order chi connectivity index (χ1) is 9.83. The molecule has 0 radical (unpaired) electrons. The molecule has 0 bridgehead atoms. The third-order valence-electron chi connectivity index (χ3n) is 4.92. The van der Waals surface area contributed by atoms with Crippen molar-refractivity contribution in [2.75, 3.05) is 13.2 Å². The molecule has 2 heterocycles. The highest BCUT2D eigenvalue weighted by Crippen LogP contribution is 2.36. The first kappa shape index (κ1) is 13.3. The van der Waals surface area contributed by atoms with Crippen LogP contribution in [-0.2, 0) is 28.9 Å². The fraction of sp³-hybridized carbons (Fsp3) is 0.750. The lowest BCUT2D eigenvalue weighted by molar-refractivity contribution is -0.179. The Kier molecular flexibility index (Phi) is 3.59. The maximum atomic E-state index is 5.79. The predicted octanol–water partition coefficient (Wildman–Crippen LogP) is 3.01. The fourth-order valence-electron chi connectivity index (χ4n) is 3.77. The van der Waals surface area contributed by atoms with E-state index in [1.54, 1.807) is 10.4 Å². The molecule has 1 aromatic heterocycles. The number of rotatable bonds is 3. The molecule has 0 aromatic carbocycles. The van der Waals surface area contributed by atoms with Gasteiger partial charge in [-0.05, 0) is 43.7 Å². The Morgan fingerprint density at radius 2 is 2.00 bits per heavy atom. The Labute approximate surface area is 124 Å². The number of hydrogen-bond donors (Lipinski definition) is 1. The summed E-state index contributed by atoms with van der Waals surface area (Å²) in [4.78, 5) is 3.15. The van der Waals surface area contributed by atoms with Crippen molar-refractivity contribution in [3.63, 3.8) is 0 Å². The Bertz CT molecular complexity index is 447. The van der Waals surface area contributed by atoms with Gasteiger partial charge in [0, 0.05) is 35.2 Å². The number of hydrogen-bond acceptors (Lipinski definition) is 4. The van der Waals surface area contributed by atoms with Gasteiger partial charge in [-0.25, -0.2) is 0 Å². The molecule has 1 saturated heterocycles. The van der Waals surface area contributed by atoms with Crippen molar-refractivity contribution in [2.24, 2.45) is 0 Å². The highest BCUT2D eigenvalue weighted by Gasteiger charge is 2.40. The van der Waals surface area contributed by atoms with Crippen LogP contribution in [-0.4, -0.2) is 25.0 Å². The van der Waals surface area contributed by atoms with Gasteiger partial charge in [-0.1, -0.05) is 0 Å². The van der Waals surface area contributed by atoms with Crippen LogP contribution in [0.4, 0.5) is 0 Å². The Balaban J connectivity index is 1.28. The molecule has 2 aliphatic carbocycles. The lowest BCUT2D eigenvalue weighted by atomic mass is 9.90. The van der Waals surface area contributed by atoms with Gasteiger partial charge in [0.1, 0.15) is 0 Å². The highest BCUT2D eigenvalue weighted by atomic mass is 32.1. The van der Waals surface area contributed by atoms with Crippen molar-refractivity contribution in [3.05, 3.63) is 21.4 Å². The molecule has 1 aliphatic heterocycles. The Hall–Kier alpha value is -0.420. The van der Waals surface area contributed by atoms with Crippen LogP contribution in [0, 0.1) is 0 Å². The van der Waals surface area contributed by atoms with Crippen LogP contribution in [0.1, 0.15) is 47.4 Å². The van der Waals surface area contributed by atoms with Crippen molar-refractivity contribution in [2.45, 2.75) is 63.3 Å². The van der Waals surface area contributed by atoms with E-state index in [9.17, 15) is 0 Å². The topological polar surface area (TPSA) is 30.5 Å². The van der Waals surface area contributed by atoms with Crippen LogP contribution in [0.3, 0.4) is 0 Å². The second-order valence-electron chi connectivity index (χ2n) is 6.28. The molecule has 1 aromatic rings. The molecule has 0 amide bonds. The van der Waals surface area contributed by atoms with Crippen molar-refractivity contribution in [1.82, 2.24) is 5.32 Å². The molecule has 2 fully saturated rings. The van der Waals surface area contributed by atoms with Gasteiger partial charge in [0.25, 0.3) is 0 Å². The van der Waals surface area contributed by atoms with Crippen molar-refractivity contribution in [1.29, 1.82) is 0 Å². The molecule has 4 heteroatoms. The summed E-state index contributed by atoms with van der Waals surface area (Å²) >= 11 is 2.02. The zero-order valence-corrected chi connectivity index (χ0v) is 12.8. The lowest BCUT2D eigenvalue weighted by Crippen LogP contribution is -2.41. The summed E-state index contributed by atoms with van der Waals surface area (Å²) in [5.41, 5.74) is 1.61. The minimum absolute atomic E-state index is 0.220. The lowest BCUT2D eigenvalue weighted by Gasteiger charge is -2.35. The van der Waals surface area contributed by atoms with Crippen LogP contribution in [0.25, 0.3) is 0 Å². The summed E-state index contributed by atoms with van der Waals surface area (Å²) in [6.45, 7) is 2.59. The molecule has 0 atom stereocenters. The van der Waals surface area contributed by atoms with E-state index >= 15 is 0 Å². The van der Waals surface area contributed by atoms with Crippen LogP contribution in [0.15, 0.2) is 6.07 Å². The molecule has 0 unspecified atom stereocenters. The van der Waals surface area contributed by atoms with Gasteiger partial charge >= 0.3 is 0 Å². The standard InChI is InChI=1S/C16H23NO2S/c1-2-12-10-14(20-15(12)3-1)11-17-13-4-6-16(7-5-13)18-8-9-19-16/h10,13,17H,1-9,11H2. The summed E-state index contributed by atoms with van der Waals surface area (Å²) in [7, 11) is 0. The molecule has 1 N–H and O–H groups in total. The van der Waals surface area contributed by atoms with Crippen LogP contribution < -0.4 is 5.32 Å². The van der Waals surface area contributed by atoms with Gasteiger partial charge in [-0.2, -0.15) is 0 Å². The number of aryl methyl sites for hydroxylation is 2. The summed E-state index contributed by atoms with van der Waals surface area (Å²) in [6.07, 6.45) is 8.40. The summed E-state index contributed by atoms with van der Waals surface area (Å²) in [6, 6.07) is 3.05. The quantitative estimate of drug-likeness (QED) is 0.929. The molecule has 3 nitrogen and oxygen atoms in total. The molecule has 110 valence electrons. The number of fused-ring (bicyclic) bond motifs is 1. The van der Waals surface area contributed by atoms with Crippen molar-refractivity contribution in [3.8, 4) is 0 Å². The largest absolute Gasteiger partial charge is 0.348 e.